The SMILES string of the molecule is O=C(CNC(=O)CNC(=O)c1ccco1)NCc1ccc(NC(=O)c2ccco2)cc1. The molecule has 1 aromatic carbocycles. The van der Waals surface area contributed by atoms with Crippen LogP contribution >= 0.6 is 0 Å². The van der Waals surface area contributed by atoms with Gasteiger partial charge in [0.2, 0.25) is 11.8 Å². The molecule has 2 heterocycles. The Balaban J connectivity index is 1.34. The maximum absolute atomic E-state index is 11.9. The lowest BCUT2D eigenvalue weighted by Crippen LogP contribution is -2.41. The van der Waals surface area contributed by atoms with E-state index in [-0.39, 0.29) is 43.0 Å². The first-order valence-corrected chi connectivity index (χ1v) is 9.30. The zero-order valence-electron chi connectivity index (χ0n) is 16.3. The Kier molecular flexibility index (Phi) is 7.20. The number of hydrogen-bond acceptors (Lipinski definition) is 6. The molecule has 0 aliphatic carbocycles. The summed E-state index contributed by atoms with van der Waals surface area (Å²) >= 11 is 0. The summed E-state index contributed by atoms with van der Waals surface area (Å²) in [6, 6.07) is 13.1. The molecule has 2 aromatic heterocycles. The molecular formula is C21H20N4O6. The molecule has 0 saturated carbocycles. The van der Waals surface area contributed by atoms with Crippen molar-refractivity contribution in [2.45, 2.75) is 6.54 Å². The highest BCUT2D eigenvalue weighted by Gasteiger charge is 2.11. The summed E-state index contributed by atoms with van der Waals surface area (Å²) in [6.07, 6.45) is 2.77. The normalized spacial score (nSPS) is 10.2. The number of carbonyl (C=O) groups excluding carboxylic acids is 4. The number of amides is 4. The van der Waals surface area contributed by atoms with Gasteiger partial charge in [-0.25, -0.2) is 0 Å². The molecule has 0 aliphatic rings. The number of furan rings is 2. The van der Waals surface area contributed by atoms with E-state index in [4.69, 9.17) is 8.83 Å². The average molecular weight is 424 g/mol. The van der Waals surface area contributed by atoms with Crippen LogP contribution in [-0.2, 0) is 16.1 Å². The van der Waals surface area contributed by atoms with Gasteiger partial charge in [0.05, 0.1) is 25.6 Å². The summed E-state index contributed by atoms with van der Waals surface area (Å²) in [7, 11) is 0. The van der Waals surface area contributed by atoms with Gasteiger partial charge in [0.1, 0.15) is 0 Å². The van der Waals surface area contributed by atoms with Gasteiger partial charge in [-0.05, 0) is 42.0 Å². The first-order chi connectivity index (χ1) is 15.0. The molecule has 0 saturated heterocycles. The Hall–Kier alpha value is -4.34. The van der Waals surface area contributed by atoms with Gasteiger partial charge < -0.3 is 30.1 Å². The molecule has 10 nitrogen and oxygen atoms in total. The van der Waals surface area contributed by atoms with E-state index in [0.717, 1.165) is 5.56 Å². The molecule has 0 radical (unpaired) electrons. The molecule has 0 atom stereocenters. The van der Waals surface area contributed by atoms with Crippen LogP contribution in [0.4, 0.5) is 5.69 Å². The average Bonchev–Trinajstić information content (AvgIpc) is 3.50. The van der Waals surface area contributed by atoms with E-state index in [1.165, 1.54) is 18.6 Å². The van der Waals surface area contributed by atoms with E-state index >= 15 is 0 Å². The van der Waals surface area contributed by atoms with E-state index in [0.29, 0.717) is 5.69 Å². The zero-order valence-corrected chi connectivity index (χ0v) is 16.3. The highest BCUT2D eigenvalue weighted by Crippen LogP contribution is 2.11. The van der Waals surface area contributed by atoms with Crippen molar-refractivity contribution >= 4 is 29.3 Å². The second-order valence-electron chi connectivity index (χ2n) is 6.34. The van der Waals surface area contributed by atoms with Crippen molar-refractivity contribution in [2.24, 2.45) is 0 Å². The van der Waals surface area contributed by atoms with Gasteiger partial charge in [-0.2, -0.15) is 0 Å². The van der Waals surface area contributed by atoms with Crippen molar-refractivity contribution in [1.82, 2.24) is 16.0 Å². The van der Waals surface area contributed by atoms with Crippen molar-refractivity contribution in [2.75, 3.05) is 18.4 Å². The van der Waals surface area contributed by atoms with E-state index in [1.54, 1.807) is 42.5 Å². The maximum Gasteiger partial charge on any atom is 0.291 e. The summed E-state index contributed by atoms with van der Waals surface area (Å²) in [5.41, 5.74) is 1.39. The van der Waals surface area contributed by atoms with Crippen molar-refractivity contribution in [1.29, 1.82) is 0 Å². The molecule has 10 heteroatoms. The topological polar surface area (TPSA) is 143 Å². The number of rotatable bonds is 9. The summed E-state index contributed by atoms with van der Waals surface area (Å²) in [4.78, 5) is 47.2. The van der Waals surface area contributed by atoms with Crippen LogP contribution in [0, 0.1) is 0 Å². The molecular weight excluding hydrogens is 404 g/mol. The minimum atomic E-state index is -0.520. The second-order valence-corrected chi connectivity index (χ2v) is 6.34. The first-order valence-electron chi connectivity index (χ1n) is 9.30. The summed E-state index contributed by atoms with van der Waals surface area (Å²) in [5.74, 6) is -1.47. The maximum atomic E-state index is 11.9. The zero-order chi connectivity index (χ0) is 22.1. The Labute approximate surface area is 177 Å². The molecule has 4 amide bonds. The number of hydrogen-bond donors (Lipinski definition) is 4. The van der Waals surface area contributed by atoms with Crippen molar-refractivity contribution < 1.29 is 28.0 Å². The van der Waals surface area contributed by atoms with Crippen LogP contribution in [-0.4, -0.2) is 36.7 Å². The van der Waals surface area contributed by atoms with Crippen molar-refractivity contribution in [3.63, 3.8) is 0 Å². The quantitative estimate of drug-likeness (QED) is 0.408. The molecule has 3 rings (SSSR count). The summed E-state index contributed by atoms with van der Waals surface area (Å²) in [6.45, 7) is -0.263. The lowest BCUT2D eigenvalue weighted by atomic mass is 10.2. The van der Waals surface area contributed by atoms with Gasteiger partial charge in [-0.3, -0.25) is 19.2 Å². The van der Waals surface area contributed by atoms with Crippen LogP contribution in [0.3, 0.4) is 0 Å². The lowest BCUT2D eigenvalue weighted by Gasteiger charge is -2.08. The molecule has 0 unspecified atom stereocenters. The van der Waals surface area contributed by atoms with Gasteiger partial charge in [0.15, 0.2) is 11.5 Å². The number of nitrogens with one attached hydrogen (secondary N) is 4. The molecule has 160 valence electrons. The van der Waals surface area contributed by atoms with E-state index < -0.39 is 11.8 Å². The smallest absolute Gasteiger partial charge is 0.291 e. The standard InChI is InChI=1S/C21H20N4O6/c26-18(12-23-19(27)13-24-20(28)16-3-1-9-30-16)22-11-14-5-7-15(8-6-14)25-21(29)17-4-2-10-31-17/h1-10H,11-13H2,(H,22,26)(H,23,27)(H,24,28)(H,25,29). The second kappa shape index (κ2) is 10.4. The molecule has 4 N–H and O–H groups in total. The number of carbonyl (C=O) groups is 4. The Morgan fingerprint density at radius 1 is 0.677 bits per heavy atom. The molecule has 31 heavy (non-hydrogen) atoms. The van der Waals surface area contributed by atoms with Gasteiger partial charge in [0.25, 0.3) is 11.8 Å². The monoisotopic (exact) mass is 424 g/mol. The Morgan fingerprint density at radius 3 is 1.87 bits per heavy atom. The van der Waals surface area contributed by atoms with Crippen LogP contribution < -0.4 is 21.3 Å². The van der Waals surface area contributed by atoms with Crippen LogP contribution in [0.25, 0.3) is 0 Å². The molecule has 0 fully saturated rings. The predicted octanol–water partition coefficient (Wildman–Crippen LogP) is 1.29. The highest BCUT2D eigenvalue weighted by atomic mass is 16.3. The third kappa shape index (κ3) is 6.60. The molecule has 0 spiro atoms. The number of benzene rings is 1. The van der Waals surface area contributed by atoms with Gasteiger partial charge in [0, 0.05) is 12.2 Å². The van der Waals surface area contributed by atoms with E-state index in [1.807, 2.05) is 0 Å². The number of anilines is 1. The van der Waals surface area contributed by atoms with E-state index in [9.17, 15) is 19.2 Å². The minimum Gasteiger partial charge on any atom is -0.459 e. The highest BCUT2D eigenvalue weighted by molar-refractivity contribution is 6.02. The molecule has 0 aliphatic heterocycles. The van der Waals surface area contributed by atoms with E-state index in [2.05, 4.69) is 21.3 Å². The van der Waals surface area contributed by atoms with Gasteiger partial charge in [-0.15, -0.1) is 0 Å². The van der Waals surface area contributed by atoms with Gasteiger partial charge >= 0.3 is 0 Å². The van der Waals surface area contributed by atoms with Gasteiger partial charge in [-0.1, -0.05) is 12.1 Å². The third-order valence-corrected chi connectivity index (χ3v) is 4.05. The Bertz CT molecular complexity index is 1030. The fourth-order valence-electron chi connectivity index (χ4n) is 2.47. The van der Waals surface area contributed by atoms with Crippen LogP contribution in [0.1, 0.15) is 26.7 Å². The van der Waals surface area contributed by atoms with Crippen LogP contribution in [0.5, 0.6) is 0 Å². The summed E-state index contributed by atoms with van der Waals surface area (Å²) in [5, 5.41) is 10.2. The molecule has 3 aromatic rings. The fraction of sp³-hybridized carbons (Fsp3) is 0.143. The Morgan fingerprint density at radius 2 is 1.26 bits per heavy atom. The largest absolute Gasteiger partial charge is 0.459 e. The molecule has 0 bridgehead atoms. The minimum absolute atomic E-state index is 0.0945. The van der Waals surface area contributed by atoms with Crippen LogP contribution in [0.2, 0.25) is 0 Å². The predicted molar refractivity (Wildman–Crippen MR) is 109 cm³/mol. The third-order valence-electron chi connectivity index (χ3n) is 4.05. The first kappa shape index (κ1) is 21.4. The lowest BCUT2D eigenvalue weighted by molar-refractivity contribution is -0.125. The van der Waals surface area contributed by atoms with Crippen molar-refractivity contribution in [3.05, 3.63) is 78.1 Å². The van der Waals surface area contributed by atoms with Crippen molar-refractivity contribution in [3.8, 4) is 0 Å². The van der Waals surface area contributed by atoms with Crippen LogP contribution in [0.15, 0.2) is 69.9 Å². The fourth-order valence-corrected chi connectivity index (χ4v) is 2.47. The summed E-state index contributed by atoms with van der Waals surface area (Å²) < 4.78 is 9.94.